The van der Waals surface area contributed by atoms with E-state index in [2.05, 4.69) is 13.8 Å². The second kappa shape index (κ2) is 29.7. The highest BCUT2D eigenvalue weighted by atomic mass is 16.7. The number of rotatable bonds is 32. The Morgan fingerprint density at radius 3 is 1.34 bits per heavy atom. The minimum absolute atomic E-state index is 0.0608. The average Bonchev–Trinajstić information content (AvgIpc) is 3.30. The molecule has 1 saturated heterocycles. The van der Waals surface area contributed by atoms with Crippen molar-refractivity contribution in [2.45, 2.75) is 193 Å². The first-order valence-electron chi connectivity index (χ1n) is 18.9. The lowest BCUT2D eigenvalue weighted by molar-refractivity contribution is -0.161. The normalized spacial score (nSPS) is 20.1. The van der Waals surface area contributed by atoms with Gasteiger partial charge in [-0.15, -0.1) is 0 Å². The van der Waals surface area contributed by atoms with Gasteiger partial charge in [-0.2, -0.15) is 0 Å². The van der Waals surface area contributed by atoms with Gasteiger partial charge in [0.05, 0.1) is 6.54 Å². The summed E-state index contributed by atoms with van der Waals surface area (Å²) in [7, 11) is 3.66. The van der Waals surface area contributed by atoms with E-state index in [1.807, 2.05) is 14.1 Å². The lowest BCUT2D eigenvalue weighted by Gasteiger charge is -2.24. The Bertz CT molecular complexity index is 633. The van der Waals surface area contributed by atoms with Crippen molar-refractivity contribution in [2.24, 2.45) is 0 Å². The zero-order valence-electron chi connectivity index (χ0n) is 29.5. The average molecular weight is 628 g/mol. The second-order valence-corrected chi connectivity index (χ2v) is 13.4. The van der Waals surface area contributed by atoms with E-state index >= 15 is 0 Å². The number of unbranched alkanes of at least 4 members (excludes halogenated alkanes) is 22. The Hall–Kier alpha value is -0.730. The van der Waals surface area contributed by atoms with Crippen LogP contribution in [0.4, 0.5) is 0 Å². The number of esters is 1. The van der Waals surface area contributed by atoms with Crippen LogP contribution in [-0.2, 0) is 23.7 Å². The number of likely N-dealkylation sites (N-methyl/N-ethyl adjacent to an activating group) is 1. The molecule has 1 aliphatic rings. The van der Waals surface area contributed by atoms with E-state index in [0.29, 0.717) is 13.2 Å². The summed E-state index contributed by atoms with van der Waals surface area (Å²) in [5.41, 5.74) is 0. The Labute approximate surface area is 272 Å². The van der Waals surface area contributed by atoms with Crippen LogP contribution in [0, 0.1) is 0 Å². The first kappa shape index (κ1) is 41.3. The molecule has 1 heterocycles. The minimum Gasteiger partial charge on any atom is -0.462 e. The molecule has 0 bridgehead atoms. The summed E-state index contributed by atoms with van der Waals surface area (Å²) in [6, 6.07) is 0. The third-order valence-corrected chi connectivity index (χ3v) is 8.76. The molecule has 1 aliphatic heterocycles. The van der Waals surface area contributed by atoms with Crippen LogP contribution >= 0.6 is 0 Å². The standard InChI is InChI=1S/C37H73NO6/c1-5-7-9-11-13-15-17-19-21-23-25-27-29-41-35-33(32-43-34(39)31-38(3)4)44-37(40)36(35)42-30-28-26-24-22-20-18-16-14-12-10-8-6-2/h33,35-37,40H,5-32H2,1-4H3/t33-,35+,36+,37-/m1/s1. The molecule has 0 amide bonds. The Balaban J connectivity index is 2.29. The number of hydrogen-bond acceptors (Lipinski definition) is 7. The predicted molar refractivity (Wildman–Crippen MR) is 182 cm³/mol. The van der Waals surface area contributed by atoms with Gasteiger partial charge < -0.3 is 24.1 Å². The van der Waals surface area contributed by atoms with Gasteiger partial charge in [0.25, 0.3) is 0 Å². The summed E-state index contributed by atoms with van der Waals surface area (Å²) in [5.74, 6) is -0.311. The monoisotopic (exact) mass is 628 g/mol. The van der Waals surface area contributed by atoms with Crippen molar-refractivity contribution in [3.8, 4) is 0 Å². The maximum absolute atomic E-state index is 12.1. The van der Waals surface area contributed by atoms with Crippen molar-refractivity contribution in [3.63, 3.8) is 0 Å². The number of aliphatic hydroxyl groups is 1. The fourth-order valence-electron chi connectivity index (χ4n) is 6.03. The van der Waals surface area contributed by atoms with E-state index in [-0.39, 0.29) is 19.1 Å². The van der Waals surface area contributed by atoms with Crippen molar-refractivity contribution < 1.29 is 28.8 Å². The van der Waals surface area contributed by atoms with Gasteiger partial charge in [-0.3, -0.25) is 9.69 Å². The first-order valence-corrected chi connectivity index (χ1v) is 18.9. The fourth-order valence-corrected chi connectivity index (χ4v) is 6.03. The van der Waals surface area contributed by atoms with Crippen LogP contribution in [0.1, 0.15) is 168 Å². The summed E-state index contributed by atoms with van der Waals surface area (Å²) < 4.78 is 23.6. The predicted octanol–water partition coefficient (Wildman–Crippen LogP) is 8.98. The molecular weight excluding hydrogens is 554 g/mol. The summed E-state index contributed by atoms with van der Waals surface area (Å²) in [5, 5.41) is 10.7. The topological polar surface area (TPSA) is 77.5 Å². The molecule has 0 aromatic rings. The van der Waals surface area contributed by atoms with Crippen molar-refractivity contribution in [2.75, 3.05) is 40.5 Å². The highest BCUT2D eigenvalue weighted by Crippen LogP contribution is 2.27. The van der Waals surface area contributed by atoms with Crippen LogP contribution in [0.25, 0.3) is 0 Å². The lowest BCUT2D eigenvalue weighted by Crippen LogP contribution is -2.40. The van der Waals surface area contributed by atoms with Gasteiger partial charge in [0.1, 0.15) is 24.9 Å². The molecular formula is C37H73NO6. The molecule has 262 valence electrons. The SMILES string of the molecule is CCCCCCCCCCCCCCO[C@@H]1[C@H](OCCCCCCCCCCCCCC)[C@H](O)O[C@@H]1COC(=O)CN(C)C. The number of carbonyl (C=O) groups is 1. The molecule has 0 unspecified atom stereocenters. The van der Waals surface area contributed by atoms with Gasteiger partial charge in [0, 0.05) is 13.2 Å². The molecule has 0 saturated carbocycles. The van der Waals surface area contributed by atoms with Crippen LogP contribution < -0.4 is 0 Å². The van der Waals surface area contributed by atoms with Crippen molar-refractivity contribution in [3.05, 3.63) is 0 Å². The maximum atomic E-state index is 12.1. The Morgan fingerprint density at radius 2 is 0.955 bits per heavy atom. The van der Waals surface area contributed by atoms with Crippen molar-refractivity contribution in [1.82, 2.24) is 4.90 Å². The van der Waals surface area contributed by atoms with E-state index in [1.54, 1.807) is 4.90 Å². The Morgan fingerprint density at radius 1 is 0.591 bits per heavy atom. The van der Waals surface area contributed by atoms with Gasteiger partial charge >= 0.3 is 5.97 Å². The van der Waals surface area contributed by atoms with Crippen LogP contribution in [0.15, 0.2) is 0 Å². The maximum Gasteiger partial charge on any atom is 0.320 e. The molecule has 44 heavy (non-hydrogen) atoms. The number of ether oxygens (including phenoxy) is 4. The number of aliphatic hydroxyl groups excluding tert-OH is 1. The van der Waals surface area contributed by atoms with E-state index in [0.717, 1.165) is 25.7 Å². The molecule has 1 fully saturated rings. The minimum atomic E-state index is -1.07. The third-order valence-electron chi connectivity index (χ3n) is 8.76. The highest BCUT2D eigenvalue weighted by molar-refractivity contribution is 5.71. The van der Waals surface area contributed by atoms with Crippen molar-refractivity contribution in [1.29, 1.82) is 0 Å². The summed E-state index contributed by atoms with van der Waals surface area (Å²) >= 11 is 0. The Kier molecular flexibility index (Phi) is 27.8. The smallest absolute Gasteiger partial charge is 0.320 e. The molecule has 1 rings (SSSR count). The van der Waals surface area contributed by atoms with E-state index < -0.39 is 24.6 Å². The number of nitrogens with zero attached hydrogens (tertiary/aromatic N) is 1. The quantitative estimate of drug-likeness (QED) is 0.0589. The van der Waals surface area contributed by atoms with Crippen LogP contribution in [0.3, 0.4) is 0 Å². The number of hydrogen-bond donors (Lipinski definition) is 1. The summed E-state index contributed by atoms with van der Waals surface area (Å²) in [6.45, 7) is 5.98. The van der Waals surface area contributed by atoms with Crippen LogP contribution in [0.2, 0.25) is 0 Å². The summed E-state index contributed by atoms with van der Waals surface area (Å²) in [6.07, 6.45) is 28.5. The van der Waals surface area contributed by atoms with Crippen LogP contribution in [0.5, 0.6) is 0 Å². The van der Waals surface area contributed by atoms with Crippen LogP contribution in [-0.4, -0.2) is 81.0 Å². The highest BCUT2D eigenvalue weighted by Gasteiger charge is 2.46. The molecule has 4 atom stereocenters. The molecule has 7 heteroatoms. The lowest BCUT2D eigenvalue weighted by atomic mass is 10.1. The first-order chi connectivity index (χ1) is 21.5. The van der Waals surface area contributed by atoms with Gasteiger partial charge in [-0.05, 0) is 26.9 Å². The van der Waals surface area contributed by atoms with E-state index in [1.165, 1.54) is 128 Å². The molecule has 0 aliphatic carbocycles. The third kappa shape index (κ3) is 22.7. The fraction of sp³-hybridized carbons (Fsp3) is 0.973. The largest absolute Gasteiger partial charge is 0.462 e. The van der Waals surface area contributed by atoms with E-state index in [4.69, 9.17) is 18.9 Å². The van der Waals surface area contributed by atoms with Gasteiger partial charge in [-0.1, -0.05) is 155 Å². The molecule has 0 aromatic carbocycles. The second-order valence-electron chi connectivity index (χ2n) is 13.4. The molecule has 7 nitrogen and oxygen atoms in total. The van der Waals surface area contributed by atoms with Crippen molar-refractivity contribution >= 4 is 5.97 Å². The van der Waals surface area contributed by atoms with E-state index in [9.17, 15) is 9.90 Å². The zero-order valence-corrected chi connectivity index (χ0v) is 29.5. The van der Waals surface area contributed by atoms with Gasteiger partial charge in [0.2, 0.25) is 0 Å². The molecule has 0 radical (unpaired) electrons. The molecule has 1 N–H and O–H groups in total. The van der Waals surface area contributed by atoms with Gasteiger partial charge in [-0.25, -0.2) is 0 Å². The molecule has 0 aromatic heterocycles. The summed E-state index contributed by atoms with van der Waals surface area (Å²) in [4.78, 5) is 13.9. The number of carbonyl (C=O) groups excluding carboxylic acids is 1. The zero-order chi connectivity index (χ0) is 32.1. The van der Waals surface area contributed by atoms with Gasteiger partial charge in [0.15, 0.2) is 6.29 Å². The molecule has 0 spiro atoms.